The van der Waals surface area contributed by atoms with E-state index in [4.69, 9.17) is 12.2 Å². The lowest BCUT2D eigenvalue weighted by molar-refractivity contribution is -0.132. The quantitative estimate of drug-likeness (QED) is 0.562. The molecule has 1 heterocycles. The van der Waals surface area contributed by atoms with Gasteiger partial charge in [-0.05, 0) is 50.4 Å². The monoisotopic (exact) mass is 332 g/mol. The van der Waals surface area contributed by atoms with Gasteiger partial charge in [-0.15, -0.1) is 0 Å². The summed E-state index contributed by atoms with van der Waals surface area (Å²) in [5.41, 5.74) is 2.91. The molecule has 0 spiro atoms. The Kier molecular flexibility index (Phi) is 4.21. The van der Waals surface area contributed by atoms with Gasteiger partial charge in [-0.1, -0.05) is 30.3 Å². The highest BCUT2D eigenvalue weighted by molar-refractivity contribution is 7.80. The van der Waals surface area contributed by atoms with Crippen molar-refractivity contribution in [2.45, 2.75) is 44.2 Å². The van der Waals surface area contributed by atoms with Gasteiger partial charge in [0.2, 0.25) is 0 Å². The van der Waals surface area contributed by atoms with Crippen molar-refractivity contribution < 1.29 is 9.59 Å². The fourth-order valence-corrected chi connectivity index (χ4v) is 2.80. The number of carbonyl (C=O) groups excluding carboxylic acids is 2. The maximum Gasteiger partial charge on any atom is 0.344 e. The molecule has 3 amide bonds. The number of carbonyl (C=O) groups is 2. The van der Waals surface area contributed by atoms with E-state index in [1.54, 1.807) is 6.92 Å². The number of imide groups is 1. The Bertz CT molecular complexity index is 632. The Morgan fingerprint density at radius 2 is 2.04 bits per heavy atom. The van der Waals surface area contributed by atoms with Gasteiger partial charge in [0.15, 0.2) is 5.11 Å². The number of urea groups is 1. The summed E-state index contributed by atoms with van der Waals surface area (Å²) in [6, 6.07) is 9.79. The number of aryl methyl sites for hydroxylation is 1. The van der Waals surface area contributed by atoms with E-state index < -0.39 is 11.6 Å². The van der Waals surface area contributed by atoms with E-state index in [0.29, 0.717) is 24.0 Å². The molecule has 1 aromatic rings. The largest absolute Gasteiger partial charge is 0.359 e. The average molecular weight is 332 g/mol. The summed E-state index contributed by atoms with van der Waals surface area (Å²) < 4.78 is 0. The van der Waals surface area contributed by atoms with E-state index in [2.05, 4.69) is 16.1 Å². The molecular formula is C16H20N4O2S. The number of nitrogens with zero attached hydrogens (tertiary/aromatic N) is 1. The minimum atomic E-state index is -0.922. The van der Waals surface area contributed by atoms with Gasteiger partial charge in [0.05, 0.1) is 0 Å². The third kappa shape index (κ3) is 3.61. The highest BCUT2D eigenvalue weighted by atomic mass is 32.1. The van der Waals surface area contributed by atoms with Crippen molar-refractivity contribution in [1.29, 1.82) is 0 Å². The minimum absolute atomic E-state index is 0.307. The minimum Gasteiger partial charge on any atom is -0.359 e. The van der Waals surface area contributed by atoms with Crippen molar-refractivity contribution in [1.82, 2.24) is 21.1 Å². The molecule has 0 unspecified atom stereocenters. The first-order chi connectivity index (χ1) is 11.0. The van der Waals surface area contributed by atoms with E-state index in [0.717, 1.165) is 23.4 Å². The van der Waals surface area contributed by atoms with Crippen LogP contribution in [0.5, 0.6) is 0 Å². The second-order valence-corrected chi connectivity index (χ2v) is 6.66. The van der Waals surface area contributed by atoms with Gasteiger partial charge in [0.25, 0.3) is 5.91 Å². The van der Waals surface area contributed by atoms with Crippen LogP contribution in [0.4, 0.5) is 4.79 Å². The van der Waals surface area contributed by atoms with Crippen LogP contribution >= 0.6 is 12.2 Å². The van der Waals surface area contributed by atoms with E-state index >= 15 is 0 Å². The number of rotatable bonds is 5. The van der Waals surface area contributed by atoms with Gasteiger partial charge >= 0.3 is 6.03 Å². The summed E-state index contributed by atoms with van der Waals surface area (Å²) in [7, 11) is 0. The summed E-state index contributed by atoms with van der Waals surface area (Å²) in [6.07, 6.45) is 3.37. The number of amides is 3. The molecule has 7 heteroatoms. The fraction of sp³-hybridized carbons (Fsp3) is 0.438. The predicted octanol–water partition coefficient (Wildman–Crippen LogP) is 1.47. The molecule has 3 N–H and O–H groups in total. The van der Waals surface area contributed by atoms with Crippen LogP contribution < -0.4 is 16.1 Å². The van der Waals surface area contributed by atoms with Gasteiger partial charge in [-0.2, -0.15) is 5.01 Å². The van der Waals surface area contributed by atoms with Crippen molar-refractivity contribution in [2.24, 2.45) is 0 Å². The van der Waals surface area contributed by atoms with Crippen LogP contribution in [-0.4, -0.2) is 33.6 Å². The lowest BCUT2D eigenvalue weighted by Crippen LogP contribution is -2.52. The van der Waals surface area contributed by atoms with Crippen LogP contribution in [0.15, 0.2) is 30.3 Å². The van der Waals surface area contributed by atoms with E-state index in [1.807, 2.05) is 30.3 Å². The van der Waals surface area contributed by atoms with Gasteiger partial charge in [0.1, 0.15) is 5.54 Å². The highest BCUT2D eigenvalue weighted by Crippen LogP contribution is 2.22. The van der Waals surface area contributed by atoms with Crippen molar-refractivity contribution in [3.8, 4) is 0 Å². The van der Waals surface area contributed by atoms with Crippen LogP contribution in [0.1, 0.15) is 31.7 Å². The summed E-state index contributed by atoms with van der Waals surface area (Å²) in [5.74, 6) is -0.307. The number of hydrazine groups is 1. The maximum absolute atomic E-state index is 12.6. The zero-order chi connectivity index (χ0) is 16.4. The van der Waals surface area contributed by atoms with E-state index in [1.165, 1.54) is 0 Å². The standard InChI is InChI=1S/C16H20N4O2S/c1-16(10-9-11-5-3-2-4-6-11)13(21)20(15(22)18-16)19-14(23)17-12-7-8-12/h2-6,12H,7-10H2,1H3,(H,18,22)(H2,17,19,23)/t16-/m1/s1. The molecule has 2 fully saturated rings. The summed E-state index contributed by atoms with van der Waals surface area (Å²) in [5, 5.41) is 7.10. The second kappa shape index (κ2) is 6.16. The van der Waals surface area contributed by atoms with Crippen LogP contribution in [0.3, 0.4) is 0 Å². The number of nitrogens with one attached hydrogen (secondary N) is 3. The van der Waals surface area contributed by atoms with Gasteiger partial charge < -0.3 is 10.6 Å². The third-order valence-corrected chi connectivity index (χ3v) is 4.35. The Hall–Kier alpha value is -2.15. The lowest BCUT2D eigenvalue weighted by atomic mass is 9.93. The smallest absolute Gasteiger partial charge is 0.344 e. The Morgan fingerprint density at radius 3 is 2.70 bits per heavy atom. The van der Waals surface area contributed by atoms with Crippen molar-refractivity contribution >= 4 is 29.3 Å². The van der Waals surface area contributed by atoms with E-state index in [9.17, 15) is 9.59 Å². The molecule has 3 rings (SSSR count). The molecule has 23 heavy (non-hydrogen) atoms. The second-order valence-electron chi connectivity index (χ2n) is 6.25. The first-order valence-corrected chi connectivity index (χ1v) is 8.16. The molecule has 1 saturated heterocycles. The molecule has 0 aromatic heterocycles. The third-order valence-electron chi connectivity index (χ3n) is 4.14. The van der Waals surface area contributed by atoms with Crippen LogP contribution in [-0.2, 0) is 11.2 Å². The van der Waals surface area contributed by atoms with Crippen molar-refractivity contribution in [3.05, 3.63) is 35.9 Å². The maximum atomic E-state index is 12.6. The predicted molar refractivity (Wildman–Crippen MR) is 90.4 cm³/mol. The van der Waals surface area contributed by atoms with Gasteiger partial charge in [-0.25, -0.2) is 4.79 Å². The molecular weight excluding hydrogens is 312 g/mol. The summed E-state index contributed by atoms with van der Waals surface area (Å²) >= 11 is 5.13. The molecule has 1 saturated carbocycles. The fourth-order valence-electron chi connectivity index (χ4n) is 2.54. The van der Waals surface area contributed by atoms with E-state index in [-0.39, 0.29) is 5.91 Å². The van der Waals surface area contributed by atoms with Gasteiger partial charge in [0, 0.05) is 6.04 Å². The molecule has 1 aliphatic heterocycles. The number of hydrogen-bond donors (Lipinski definition) is 3. The Balaban J connectivity index is 1.60. The summed E-state index contributed by atoms with van der Waals surface area (Å²) in [6.45, 7) is 1.75. The molecule has 6 nitrogen and oxygen atoms in total. The average Bonchev–Trinajstić information content (AvgIpc) is 3.31. The highest BCUT2D eigenvalue weighted by Gasteiger charge is 2.48. The topological polar surface area (TPSA) is 73.5 Å². The molecule has 122 valence electrons. The van der Waals surface area contributed by atoms with Crippen molar-refractivity contribution in [2.75, 3.05) is 0 Å². The molecule has 0 radical (unpaired) electrons. The first-order valence-electron chi connectivity index (χ1n) is 7.76. The Morgan fingerprint density at radius 1 is 1.35 bits per heavy atom. The Labute approximate surface area is 140 Å². The van der Waals surface area contributed by atoms with Crippen LogP contribution in [0.2, 0.25) is 0 Å². The molecule has 0 bridgehead atoms. The molecule has 1 atom stereocenters. The zero-order valence-electron chi connectivity index (χ0n) is 13.0. The molecule has 1 aromatic carbocycles. The van der Waals surface area contributed by atoms with Crippen LogP contribution in [0.25, 0.3) is 0 Å². The number of benzene rings is 1. The van der Waals surface area contributed by atoms with Crippen LogP contribution in [0, 0.1) is 0 Å². The van der Waals surface area contributed by atoms with Crippen molar-refractivity contribution in [3.63, 3.8) is 0 Å². The van der Waals surface area contributed by atoms with Gasteiger partial charge in [-0.3, -0.25) is 10.2 Å². The lowest BCUT2D eigenvalue weighted by Gasteiger charge is -2.22. The summed E-state index contributed by atoms with van der Waals surface area (Å²) in [4.78, 5) is 24.7. The SMILES string of the molecule is C[C@]1(CCc2ccccc2)NC(=O)N(NC(=S)NC2CC2)C1=O. The normalized spacial score (nSPS) is 23.6. The number of hydrogen-bond acceptors (Lipinski definition) is 3. The number of thiocarbonyl (C=S) groups is 1. The molecule has 2 aliphatic rings. The zero-order valence-corrected chi connectivity index (χ0v) is 13.8. The molecule has 1 aliphatic carbocycles. The first kappa shape index (κ1) is 15.7.